The van der Waals surface area contributed by atoms with Crippen LogP contribution in [-0.4, -0.2) is 7.11 Å². The first-order valence-electron chi connectivity index (χ1n) is 8.46. The maximum Gasteiger partial charge on any atom is 0.165 e. The molecule has 1 aliphatic rings. The van der Waals surface area contributed by atoms with Crippen LogP contribution in [0.25, 0.3) is 0 Å². The highest BCUT2D eigenvalue weighted by atomic mass is 19.1. The van der Waals surface area contributed by atoms with E-state index in [4.69, 9.17) is 4.74 Å². The third-order valence-electron chi connectivity index (χ3n) is 5.17. The zero-order valence-corrected chi connectivity index (χ0v) is 13.7. The number of ether oxygens (including phenoxy) is 1. The molecule has 118 valence electrons. The second-order valence-corrected chi connectivity index (χ2v) is 6.72. The molecule has 0 spiro atoms. The van der Waals surface area contributed by atoms with Gasteiger partial charge in [0.2, 0.25) is 0 Å². The Labute approximate surface area is 128 Å². The average molecular weight is 292 g/mol. The van der Waals surface area contributed by atoms with Crippen molar-refractivity contribution in [3.05, 3.63) is 29.6 Å². The van der Waals surface area contributed by atoms with Crippen LogP contribution in [0, 0.1) is 23.6 Å². The van der Waals surface area contributed by atoms with Crippen molar-refractivity contribution in [3.8, 4) is 5.75 Å². The van der Waals surface area contributed by atoms with Crippen molar-refractivity contribution in [3.63, 3.8) is 0 Å². The minimum absolute atomic E-state index is 0.242. The SMILES string of the molecule is CCCC1CCC(C(C)Cc2ccc(OC)c(F)c2)CC1. The Morgan fingerprint density at radius 3 is 2.52 bits per heavy atom. The maximum absolute atomic E-state index is 13.8. The fourth-order valence-electron chi connectivity index (χ4n) is 3.83. The third kappa shape index (κ3) is 4.46. The van der Waals surface area contributed by atoms with E-state index in [9.17, 15) is 4.39 Å². The molecule has 21 heavy (non-hydrogen) atoms. The van der Waals surface area contributed by atoms with Gasteiger partial charge in [0.1, 0.15) is 0 Å². The lowest BCUT2D eigenvalue weighted by atomic mass is 9.74. The molecule has 0 aromatic heterocycles. The van der Waals surface area contributed by atoms with Gasteiger partial charge in [-0.05, 0) is 54.7 Å². The first kappa shape index (κ1) is 16.3. The average Bonchev–Trinajstić information content (AvgIpc) is 2.48. The van der Waals surface area contributed by atoms with E-state index in [-0.39, 0.29) is 5.82 Å². The molecule has 1 unspecified atom stereocenters. The second-order valence-electron chi connectivity index (χ2n) is 6.72. The van der Waals surface area contributed by atoms with Crippen molar-refractivity contribution in [2.24, 2.45) is 17.8 Å². The van der Waals surface area contributed by atoms with Gasteiger partial charge in [-0.15, -0.1) is 0 Å². The number of rotatable bonds is 6. The van der Waals surface area contributed by atoms with Crippen LogP contribution in [0.5, 0.6) is 5.75 Å². The van der Waals surface area contributed by atoms with Crippen LogP contribution in [0.1, 0.15) is 57.9 Å². The van der Waals surface area contributed by atoms with Gasteiger partial charge in [0.05, 0.1) is 7.11 Å². The van der Waals surface area contributed by atoms with Crippen LogP contribution in [0.4, 0.5) is 4.39 Å². The van der Waals surface area contributed by atoms with E-state index >= 15 is 0 Å². The molecule has 1 aromatic rings. The minimum atomic E-state index is -0.242. The molecule has 1 aliphatic carbocycles. The smallest absolute Gasteiger partial charge is 0.165 e. The van der Waals surface area contributed by atoms with Crippen molar-refractivity contribution < 1.29 is 9.13 Å². The lowest BCUT2D eigenvalue weighted by Gasteiger charge is -2.32. The molecule has 1 fully saturated rings. The van der Waals surface area contributed by atoms with Gasteiger partial charge in [0, 0.05) is 0 Å². The molecular formula is C19H29FO. The standard InChI is InChI=1S/C19H29FO/c1-4-5-15-6-9-17(10-7-15)14(2)12-16-8-11-19(21-3)18(20)13-16/h8,11,13-15,17H,4-7,9-10,12H2,1-3H3. The van der Waals surface area contributed by atoms with E-state index in [0.29, 0.717) is 11.7 Å². The fraction of sp³-hybridized carbons (Fsp3) is 0.684. The number of hydrogen-bond acceptors (Lipinski definition) is 1. The molecule has 1 aromatic carbocycles. The van der Waals surface area contributed by atoms with Crippen molar-refractivity contribution in [2.75, 3.05) is 7.11 Å². The zero-order valence-electron chi connectivity index (χ0n) is 13.7. The summed E-state index contributed by atoms with van der Waals surface area (Å²) in [5.41, 5.74) is 1.09. The molecule has 0 saturated heterocycles. The predicted molar refractivity (Wildman–Crippen MR) is 86.2 cm³/mol. The van der Waals surface area contributed by atoms with Gasteiger partial charge in [-0.3, -0.25) is 0 Å². The molecule has 1 nitrogen and oxygen atoms in total. The highest BCUT2D eigenvalue weighted by Gasteiger charge is 2.25. The monoisotopic (exact) mass is 292 g/mol. The highest BCUT2D eigenvalue weighted by Crippen LogP contribution is 2.36. The molecular weight excluding hydrogens is 263 g/mol. The Morgan fingerprint density at radius 1 is 1.24 bits per heavy atom. The molecule has 0 heterocycles. The molecule has 2 heteroatoms. The molecule has 0 N–H and O–H groups in total. The minimum Gasteiger partial charge on any atom is -0.494 e. The lowest BCUT2D eigenvalue weighted by molar-refractivity contribution is 0.206. The molecule has 0 aliphatic heterocycles. The summed E-state index contributed by atoms with van der Waals surface area (Å²) in [7, 11) is 1.51. The predicted octanol–water partition coefficient (Wildman–Crippen LogP) is 5.62. The molecule has 2 rings (SSSR count). The Balaban J connectivity index is 1.87. The van der Waals surface area contributed by atoms with Gasteiger partial charge >= 0.3 is 0 Å². The van der Waals surface area contributed by atoms with Crippen LogP contribution < -0.4 is 4.74 Å². The summed E-state index contributed by atoms with van der Waals surface area (Å²) in [4.78, 5) is 0. The number of hydrogen-bond donors (Lipinski definition) is 0. The van der Waals surface area contributed by atoms with Crippen LogP contribution in [-0.2, 0) is 6.42 Å². The Morgan fingerprint density at radius 2 is 1.95 bits per heavy atom. The molecule has 1 atom stereocenters. The van der Waals surface area contributed by atoms with E-state index in [1.54, 1.807) is 12.1 Å². The number of methoxy groups -OCH3 is 1. The summed E-state index contributed by atoms with van der Waals surface area (Å²) in [6, 6.07) is 5.38. The normalized spacial score (nSPS) is 23.8. The van der Waals surface area contributed by atoms with Crippen LogP contribution in [0.15, 0.2) is 18.2 Å². The van der Waals surface area contributed by atoms with E-state index in [1.165, 1.54) is 45.6 Å². The van der Waals surface area contributed by atoms with Gasteiger partial charge in [-0.1, -0.05) is 45.6 Å². The quantitative estimate of drug-likeness (QED) is 0.661. The van der Waals surface area contributed by atoms with E-state index < -0.39 is 0 Å². The van der Waals surface area contributed by atoms with Gasteiger partial charge in [0.25, 0.3) is 0 Å². The van der Waals surface area contributed by atoms with Crippen molar-refractivity contribution >= 4 is 0 Å². The molecule has 0 radical (unpaired) electrons. The summed E-state index contributed by atoms with van der Waals surface area (Å²) in [6.07, 6.45) is 9.17. The lowest BCUT2D eigenvalue weighted by Crippen LogP contribution is -2.21. The van der Waals surface area contributed by atoms with Gasteiger partial charge in [0.15, 0.2) is 11.6 Å². The van der Waals surface area contributed by atoms with Crippen LogP contribution in [0.3, 0.4) is 0 Å². The second kappa shape index (κ2) is 7.82. The molecule has 0 bridgehead atoms. The first-order chi connectivity index (χ1) is 10.1. The van der Waals surface area contributed by atoms with Gasteiger partial charge in [-0.25, -0.2) is 4.39 Å². The first-order valence-corrected chi connectivity index (χ1v) is 8.46. The highest BCUT2D eigenvalue weighted by molar-refractivity contribution is 5.29. The summed E-state index contributed by atoms with van der Waals surface area (Å²) < 4.78 is 18.7. The van der Waals surface area contributed by atoms with Crippen molar-refractivity contribution in [1.29, 1.82) is 0 Å². The van der Waals surface area contributed by atoms with E-state index in [1.807, 2.05) is 6.07 Å². The topological polar surface area (TPSA) is 9.23 Å². The summed E-state index contributed by atoms with van der Waals surface area (Å²) >= 11 is 0. The van der Waals surface area contributed by atoms with Crippen LogP contribution in [0.2, 0.25) is 0 Å². The van der Waals surface area contributed by atoms with E-state index in [0.717, 1.165) is 23.8 Å². The van der Waals surface area contributed by atoms with Gasteiger partial charge in [-0.2, -0.15) is 0 Å². The molecule has 0 amide bonds. The Bertz CT molecular complexity index is 435. The number of benzene rings is 1. The maximum atomic E-state index is 13.8. The third-order valence-corrected chi connectivity index (χ3v) is 5.17. The Hall–Kier alpha value is -1.05. The van der Waals surface area contributed by atoms with E-state index in [2.05, 4.69) is 13.8 Å². The summed E-state index contributed by atoms with van der Waals surface area (Å²) in [6.45, 7) is 4.61. The Kier molecular flexibility index (Phi) is 6.08. The molecule has 1 saturated carbocycles. The summed E-state index contributed by atoms with van der Waals surface area (Å²) in [5.74, 6) is 2.50. The van der Waals surface area contributed by atoms with Gasteiger partial charge < -0.3 is 4.74 Å². The summed E-state index contributed by atoms with van der Waals surface area (Å²) in [5, 5.41) is 0. The number of halogens is 1. The van der Waals surface area contributed by atoms with Crippen molar-refractivity contribution in [1.82, 2.24) is 0 Å². The largest absolute Gasteiger partial charge is 0.494 e. The van der Waals surface area contributed by atoms with Crippen molar-refractivity contribution in [2.45, 2.75) is 58.8 Å². The zero-order chi connectivity index (χ0) is 15.2. The van der Waals surface area contributed by atoms with Crippen LogP contribution >= 0.6 is 0 Å². The fourth-order valence-corrected chi connectivity index (χ4v) is 3.83.